The molecule has 0 bridgehead atoms. The third kappa shape index (κ3) is 4.66. The van der Waals surface area contributed by atoms with Gasteiger partial charge in [0.05, 0.1) is 16.7 Å². The summed E-state index contributed by atoms with van der Waals surface area (Å²) in [5.74, 6) is 1.94. The van der Waals surface area contributed by atoms with Crippen molar-refractivity contribution in [3.8, 4) is 51.0 Å². The molecule has 220 valence electrons. The van der Waals surface area contributed by atoms with Gasteiger partial charge in [-0.05, 0) is 40.8 Å². The van der Waals surface area contributed by atoms with Crippen LogP contribution in [0.1, 0.15) is 0 Å². The summed E-state index contributed by atoms with van der Waals surface area (Å²) < 4.78 is 2.39. The van der Waals surface area contributed by atoms with Crippen molar-refractivity contribution in [3.05, 3.63) is 170 Å². The number of aromatic nitrogens is 4. The first-order valence-corrected chi connectivity index (χ1v) is 15.8. The third-order valence-electron chi connectivity index (χ3n) is 8.84. The van der Waals surface area contributed by atoms with Gasteiger partial charge in [0.1, 0.15) is 0 Å². The Morgan fingerprint density at radius 1 is 0.362 bits per heavy atom. The largest absolute Gasteiger partial charge is 0.309 e. The number of fused-ring (bicyclic) bond motifs is 4. The molecule has 0 aliphatic rings. The van der Waals surface area contributed by atoms with E-state index in [4.69, 9.17) is 15.0 Å². The van der Waals surface area contributed by atoms with E-state index in [2.05, 4.69) is 114 Å². The van der Waals surface area contributed by atoms with Gasteiger partial charge in [0.15, 0.2) is 17.5 Å². The molecule has 0 spiro atoms. The molecule has 9 aromatic rings. The molecule has 0 saturated carbocycles. The molecule has 9 rings (SSSR count). The Labute approximate surface area is 272 Å². The van der Waals surface area contributed by atoms with Crippen LogP contribution in [0.4, 0.5) is 0 Å². The zero-order chi connectivity index (χ0) is 31.2. The summed E-state index contributed by atoms with van der Waals surface area (Å²) in [5, 5.41) is 4.64. The molecule has 0 atom stereocenters. The molecule has 0 fully saturated rings. The van der Waals surface area contributed by atoms with E-state index >= 15 is 0 Å². The standard InChI is InChI=1S/C43H28N4/c1-4-14-29(15-5-1)33-26-27-38-36(28-33)34-22-10-11-24-37(34)47(38)39-25-13-21-30-20-12-23-35(40(30)39)43-45-41(31-16-6-2-7-17-31)44-42(46-43)32-18-8-3-9-19-32/h1-28H. The Kier molecular flexibility index (Phi) is 6.43. The second-order valence-corrected chi connectivity index (χ2v) is 11.7. The predicted molar refractivity (Wildman–Crippen MR) is 193 cm³/mol. The van der Waals surface area contributed by atoms with E-state index in [9.17, 15) is 0 Å². The number of nitrogens with zero attached hydrogens (tertiary/aromatic N) is 4. The molecule has 0 unspecified atom stereocenters. The Bertz CT molecular complexity index is 2490. The lowest BCUT2D eigenvalue weighted by Crippen LogP contribution is -2.02. The maximum Gasteiger partial charge on any atom is 0.164 e. The molecule has 4 nitrogen and oxygen atoms in total. The molecule has 2 heterocycles. The first-order valence-electron chi connectivity index (χ1n) is 15.8. The first kappa shape index (κ1) is 27.0. The number of benzene rings is 7. The smallest absolute Gasteiger partial charge is 0.164 e. The summed E-state index contributed by atoms with van der Waals surface area (Å²) >= 11 is 0. The molecule has 0 aliphatic heterocycles. The molecule has 0 aliphatic carbocycles. The van der Waals surface area contributed by atoms with Gasteiger partial charge in [-0.2, -0.15) is 0 Å². The van der Waals surface area contributed by atoms with E-state index in [0.29, 0.717) is 17.5 Å². The van der Waals surface area contributed by atoms with Crippen LogP contribution in [-0.4, -0.2) is 19.5 Å². The molecule has 4 heteroatoms. The van der Waals surface area contributed by atoms with Gasteiger partial charge in [-0.3, -0.25) is 0 Å². The minimum atomic E-state index is 0.642. The highest BCUT2D eigenvalue weighted by atomic mass is 15.0. The van der Waals surface area contributed by atoms with E-state index in [-0.39, 0.29) is 0 Å². The van der Waals surface area contributed by atoms with E-state index in [1.807, 2.05) is 60.7 Å². The highest BCUT2D eigenvalue weighted by Gasteiger charge is 2.19. The second-order valence-electron chi connectivity index (χ2n) is 11.7. The van der Waals surface area contributed by atoms with Gasteiger partial charge < -0.3 is 4.57 Å². The van der Waals surface area contributed by atoms with Crippen LogP contribution >= 0.6 is 0 Å². The van der Waals surface area contributed by atoms with Crippen LogP contribution in [0.2, 0.25) is 0 Å². The summed E-state index contributed by atoms with van der Waals surface area (Å²) in [4.78, 5) is 15.2. The second kappa shape index (κ2) is 11.2. The number of hydrogen-bond donors (Lipinski definition) is 0. The van der Waals surface area contributed by atoms with E-state index in [1.165, 1.54) is 21.9 Å². The zero-order valence-electron chi connectivity index (χ0n) is 25.5. The predicted octanol–water partition coefficient (Wildman–Crippen LogP) is 10.8. The number of hydrogen-bond acceptors (Lipinski definition) is 3. The summed E-state index contributed by atoms with van der Waals surface area (Å²) in [7, 11) is 0. The highest BCUT2D eigenvalue weighted by molar-refractivity contribution is 6.12. The Balaban J connectivity index is 1.32. The van der Waals surface area contributed by atoms with Gasteiger partial charge in [0, 0.05) is 32.8 Å². The van der Waals surface area contributed by atoms with Crippen LogP contribution in [0.25, 0.3) is 83.6 Å². The minimum Gasteiger partial charge on any atom is -0.309 e. The van der Waals surface area contributed by atoms with Gasteiger partial charge in [-0.1, -0.05) is 146 Å². The van der Waals surface area contributed by atoms with E-state index in [0.717, 1.165) is 44.2 Å². The lowest BCUT2D eigenvalue weighted by atomic mass is 10.0. The van der Waals surface area contributed by atoms with Crippen molar-refractivity contribution in [2.75, 3.05) is 0 Å². The topological polar surface area (TPSA) is 43.6 Å². The normalized spacial score (nSPS) is 11.4. The quantitative estimate of drug-likeness (QED) is 0.197. The van der Waals surface area contributed by atoms with Gasteiger partial charge in [-0.15, -0.1) is 0 Å². The van der Waals surface area contributed by atoms with Crippen LogP contribution in [0.5, 0.6) is 0 Å². The molecule has 47 heavy (non-hydrogen) atoms. The summed E-state index contributed by atoms with van der Waals surface area (Å²) in [6.45, 7) is 0. The van der Waals surface area contributed by atoms with Crippen molar-refractivity contribution in [3.63, 3.8) is 0 Å². The fraction of sp³-hybridized carbons (Fsp3) is 0. The molecular formula is C43H28N4. The first-order chi connectivity index (χ1) is 23.3. The van der Waals surface area contributed by atoms with Crippen LogP contribution < -0.4 is 0 Å². The van der Waals surface area contributed by atoms with E-state index < -0.39 is 0 Å². The van der Waals surface area contributed by atoms with Crippen LogP contribution in [0.3, 0.4) is 0 Å². The van der Waals surface area contributed by atoms with E-state index in [1.54, 1.807) is 0 Å². The average molecular weight is 601 g/mol. The lowest BCUT2D eigenvalue weighted by molar-refractivity contribution is 1.08. The van der Waals surface area contributed by atoms with Gasteiger partial charge in [-0.25, -0.2) is 15.0 Å². The zero-order valence-corrected chi connectivity index (χ0v) is 25.5. The third-order valence-corrected chi connectivity index (χ3v) is 8.84. The Morgan fingerprint density at radius 2 is 0.915 bits per heavy atom. The highest BCUT2D eigenvalue weighted by Crippen LogP contribution is 2.39. The van der Waals surface area contributed by atoms with Crippen molar-refractivity contribution in [1.29, 1.82) is 0 Å². The van der Waals surface area contributed by atoms with Crippen molar-refractivity contribution < 1.29 is 0 Å². The molecule has 0 radical (unpaired) electrons. The van der Waals surface area contributed by atoms with Gasteiger partial charge in [0.2, 0.25) is 0 Å². The molecule has 2 aromatic heterocycles. The average Bonchev–Trinajstić information content (AvgIpc) is 3.49. The fourth-order valence-electron chi connectivity index (χ4n) is 6.67. The minimum absolute atomic E-state index is 0.642. The molecule has 7 aromatic carbocycles. The maximum atomic E-state index is 5.11. The van der Waals surface area contributed by atoms with Gasteiger partial charge >= 0.3 is 0 Å². The lowest BCUT2D eigenvalue weighted by Gasteiger charge is -2.15. The monoisotopic (exact) mass is 600 g/mol. The number of para-hydroxylation sites is 1. The molecule has 0 saturated heterocycles. The van der Waals surface area contributed by atoms with Crippen molar-refractivity contribution >= 4 is 32.6 Å². The summed E-state index contributed by atoms with van der Waals surface area (Å²) in [5.41, 5.74) is 8.65. The van der Waals surface area contributed by atoms with Crippen LogP contribution in [0, 0.1) is 0 Å². The maximum absolute atomic E-state index is 5.11. The summed E-state index contributed by atoms with van der Waals surface area (Å²) in [6, 6.07) is 59.2. The van der Waals surface area contributed by atoms with Crippen molar-refractivity contribution in [1.82, 2.24) is 19.5 Å². The fourth-order valence-corrected chi connectivity index (χ4v) is 6.67. The molecule has 0 N–H and O–H groups in total. The number of rotatable bonds is 5. The molecular weight excluding hydrogens is 573 g/mol. The van der Waals surface area contributed by atoms with Crippen LogP contribution in [0.15, 0.2) is 170 Å². The summed E-state index contributed by atoms with van der Waals surface area (Å²) in [6.07, 6.45) is 0. The molecule has 0 amide bonds. The van der Waals surface area contributed by atoms with Crippen LogP contribution in [-0.2, 0) is 0 Å². The van der Waals surface area contributed by atoms with Crippen molar-refractivity contribution in [2.24, 2.45) is 0 Å². The Morgan fingerprint density at radius 3 is 1.60 bits per heavy atom. The Hall–Kier alpha value is -6.39. The van der Waals surface area contributed by atoms with Gasteiger partial charge in [0.25, 0.3) is 0 Å². The SMILES string of the molecule is c1ccc(-c2ccc3c(c2)c2ccccc2n3-c2cccc3cccc(-c4nc(-c5ccccc5)nc(-c5ccccc5)n4)c23)cc1. The van der Waals surface area contributed by atoms with Crippen molar-refractivity contribution in [2.45, 2.75) is 0 Å².